The zero-order chi connectivity index (χ0) is 10.2. The quantitative estimate of drug-likeness (QED) is 0.878. The Morgan fingerprint density at radius 2 is 2.07 bits per heavy atom. The van der Waals surface area contributed by atoms with Crippen molar-refractivity contribution in [2.24, 2.45) is 11.1 Å². The maximum atomic E-state index is 9.03. The molecular weight excluding hydrogens is 240 g/mol. The summed E-state index contributed by atoms with van der Waals surface area (Å²) in [6.07, 6.45) is 1.85. The second-order valence-corrected chi connectivity index (χ2v) is 4.62. The summed E-state index contributed by atoms with van der Waals surface area (Å²) in [5.74, 6) is 0. The number of hydrogen-bond acceptors (Lipinski definition) is 2. The van der Waals surface area contributed by atoms with Crippen LogP contribution in [-0.4, -0.2) is 0 Å². The molecule has 2 nitrogen and oxygen atoms in total. The minimum absolute atomic E-state index is 0.164. The molecule has 0 radical (unpaired) electrons. The van der Waals surface area contributed by atoms with E-state index in [4.69, 9.17) is 11.0 Å². The van der Waals surface area contributed by atoms with Gasteiger partial charge in [0.2, 0.25) is 0 Å². The normalized spacial score (nSPS) is 19.8. The molecule has 1 aromatic carbocycles. The Morgan fingerprint density at radius 1 is 1.43 bits per heavy atom. The highest BCUT2D eigenvalue weighted by atomic mass is 79.9. The van der Waals surface area contributed by atoms with Crippen LogP contribution < -0.4 is 5.73 Å². The van der Waals surface area contributed by atoms with Crippen molar-refractivity contribution in [1.82, 2.24) is 0 Å². The molecule has 0 aliphatic heterocycles. The molecule has 0 saturated heterocycles. The van der Waals surface area contributed by atoms with Gasteiger partial charge in [-0.1, -0.05) is 34.1 Å². The average molecular weight is 251 g/mol. The molecule has 1 aliphatic carbocycles. The van der Waals surface area contributed by atoms with Crippen molar-refractivity contribution >= 4 is 15.9 Å². The van der Waals surface area contributed by atoms with Gasteiger partial charge in [0.05, 0.1) is 11.5 Å². The summed E-state index contributed by atoms with van der Waals surface area (Å²) in [5, 5.41) is 9.03. The summed E-state index contributed by atoms with van der Waals surface area (Å²) in [4.78, 5) is 0. The van der Waals surface area contributed by atoms with Crippen LogP contribution in [0.1, 0.15) is 24.4 Å². The van der Waals surface area contributed by atoms with Gasteiger partial charge in [0.25, 0.3) is 0 Å². The molecule has 2 rings (SSSR count). The Labute approximate surface area is 91.9 Å². The zero-order valence-electron chi connectivity index (χ0n) is 7.70. The van der Waals surface area contributed by atoms with E-state index < -0.39 is 0 Å². The van der Waals surface area contributed by atoms with Gasteiger partial charge < -0.3 is 5.73 Å². The molecule has 0 aromatic heterocycles. The summed E-state index contributed by atoms with van der Waals surface area (Å²) >= 11 is 3.46. The number of nitriles is 1. The molecule has 72 valence electrons. The molecule has 0 spiro atoms. The second kappa shape index (κ2) is 3.38. The smallest absolute Gasteiger partial charge is 0.0767 e. The summed E-state index contributed by atoms with van der Waals surface area (Å²) in [5.41, 5.74) is 6.83. The Kier molecular flexibility index (Phi) is 2.34. The maximum Gasteiger partial charge on any atom is 0.0767 e. The van der Waals surface area contributed by atoms with E-state index in [9.17, 15) is 0 Å². The van der Waals surface area contributed by atoms with Gasteiger partial charge in [0, 0.05) is 10.5 Å². The van der Waals surface area contributed by atoms with E-state index in [2.05, 4.69) is 22.0 Å². The first-order valence-corrected chi connectivity index (χ1v) is 5.40. The molecule has 0 amide bonds. The van der Waals surface area contributed by atoms with Crippen LogP contribution in [0, 0.1) is 16.7 Å². The molecule has 0 bridgehead atoms. The highest BCUT2D eigenvalue weighted by Crippen LogP contribution is 2.53. The van der Waals surface area contributed by atoms with E-state index in [1.165, 1.54) is 0 Å². The van der Waals surface area contributed by atoms with Gasteiger partial charge in [0.15, 0.2) is 0 Å². The van der Waals surface area contributed by atoms with Crippen LogP contribution in [0.5, 0.6) is 0 Å². The van der Waals surface area contributed by atoms with Gasteiger partial charge >= 0.3 is 0 Å². The molecule has 14 heavy (non-hydrogen) atoms. The Morgan fingerprint density at radius 3 is 2.57 bits per heavy atom. The number of hydrogen-bond donors (Lipinski definition) is 1. The van der Waals surface area contributed by atoms with Crippen LogP contribution in [0.2, 0.25) is 0 Å². The molecule has 2 N–H and O–H groups in total. The van der Waals surface area contributed by atoms with Gasteiger partial charge in [-0.2, -0.15) is 5.26 Å². The van der Waals surface area contributed by atoms with E-state index in [0.717, 1.165) is 22.9 Å². The van der Waals surface area contributed by atoms with Gasteiger partial charge in [-0.05, 0) is 24.5 Å². The van der Waals surface area contributed by atoms with Crippen molar-refractivity contribution in [2.75, 3.05) is 0 Å². The third-order valence-electron chi connectivity index (χ3n) is 2.85. The number of nitrogens with two attached hydrogens (primary N) is 1. The van der Waals surface area contributed by atoms with Crippen molar-refractivity contribution in [1.29, 1.82) is 5.26 Å². The van der Waals surface area contributed by atoms with E-state index in [1.807, 2.05) is 24.3 Å². The fourth-order valence-corrected chi connectivity index (χ4v) is 2.18. The van der Waals surface area contributed by atoms with Crippen molar-refractivity contribution in [2.45, 2.75) is 18.9 Å². The SMILES string of the molecule is N#CC1(C(N)c2ccccc2Br)CC1. The zero-order valence-corrected chi connectivity index (χ0v) is 9.29. The second-order valence-electron chi connectivity index (χ2n) is 3.77. The number of benzene rings is 1. The third-order valence-corrected chi connectivity index (χ3v) is 3.57. The Bertz CT molecular complexity index is 391. The van der Waals surface area contributed by atoms with E-state index >= 15 is 0 Å². The van der Waals surface area contributed by atoms with Gasteiger partial charge in [-0.15, -0.1) is 0 Å². The van der Waals surface area contributed by atoms with Crippen LogP contribution in [-0.2, 0) is 0 Å². The largest absolute Gasteiger partial charge is 0.323 e. The van der Waals surface area contributed by atoms with Crippen molar-refractivity contribution < 1.29 is 0 Å². The highest BCUT2D eigenvalue weighted by Gasteiger charge is 2.49. The average Bonchev–Trinajstić information content (AvgIpc) is 2.98. The van der Waals surface area contributed by atoms with Crippen molar-refractivity contribution in [3.05, 3.63) is 34.3 Å². The van der Waals surface area contributed by atoms with E-state index in [0.29, 0.717) is 0 Å². The number of halogens is 1. The fraction of sp³-hybridized carbons (Fsp3) is 0.364. The molecular formula is C11H11BrN2. The maximum absolute atomic E-state index is 9.03. The molecule has 3 heteroatoms. The predicted molar refractivity (Wildman–Crippen MR) is 58.4 cm³/mol. The minimum Gasteiger partial charge on any atom is -0.323 e. The first-order chi connectivity index (χ1) is 6.69. The predicted octanol–water partition coefficient (Wildman–Crippen LogP) is 2.75. The van der Waals surface area contributed by atoms with Crippen LogP contribution in [0.4, 0.5) is 0 Å². The molecule has 1 aliphatic rings. The Hall–Kier alpha value is -0.850. The summed E-state index contributed by atoms with van der Waals surface area (Å²) in [7, 11) is 0. The van der Waals surface area contributed by atoms with Gasteiger partial charge in [0.1, 0.15) is 0 Å². The number of nitrogens with zero attached hydrogens (tertiary/aromatic N) is 1. The standard InChI is InChI=1S/C11H11BrN2/c12-9-4-2-1-3-8(9)10(14)11(7-13)5-6-11/h1-4,10H,5-6,14H2. The Balaban J connectivity index is 2.33. The van der Waals surface area contributed by atoms with Gasteiger partial charge in [-0.25, -0.2) is 0 Å². The van der Waals surface area contributed by atoms with Crippen LogP contribution in [0.15, 0.2) is 28.7 Å². The number of rotatable bonds is 2. The van der Waals surface area contributed by atoms with E-state index in [-0.39, 0.29) is 11.5 Å². The van der Waals surface area contributed by atoms with E-state index in [1.54, 1.807) is 0 Å². The molecule has 1 unspecified atom stereocenters. The first kappa shape index (κ1) is 9.70. The molecule has 1 aromatic rings. The van der Waals surface area contributed by atoms with Crippen LogP contribution in [0.3, 0.4) is 0 Å². The van der Waals surface area contributed by atoms with Crippen LogP contribution in [0.25, 0.3) is 0 Å². The highest BCUT2D eigenvalue weighted by molar-refractivity contribution is 9.10. The van der Waals surface area contributed by atoms with Gasteiger partial charge in [-0.3, -0.25) is 0 Å². The molecule has 1 atom stereocenters. The first-order valence-electron chi connectivity index (χ1n) is 4.61. The summed E-state index contributed by atoms with van der Waals surface area (Å²) in [6.45, 7) is 0. The van der Waals surface area contributed by atoms with Crippen LogP contribution >= 0.6 is 15.9 Å². The van der Waals surface area contributed by atoms with Crippen molar-refractivity contribution in [3.63, 3.8) is 0 Å². The summed E-state index contributed by atoms with van der Waals surface area (Å²) in [6, 6.07) is 10.0. The third kappa shape index (κ3) is 1.45. The lowest BCUT2D eigenvalue weighted by atomic mass is 9.92. The molecule has 0 heterocycles. The fourth-order valence-electron chi connectivity index (χ4n) is 1.65. The minimum atomic E-state index is -0.302. The monoisotopic (exact) mass is 250 g/mol. The molecule has 1 saturated carbocycles. The summed E-state index contributed by atoms with van der Waals surface area (Å²) < 4.78 is 0.994. The lowest BCUT2D eigenvalue weighted by Gasteiger charge is -2.17. The molecule has 1 fully saturated rings. The van der Waals surface area contributed by atoms with Crippen molar-refractivity contribution in [3.8, 4) is 6.07 Å². The topological polar surface area (TPSA) is 49.8 Å². The lowest BCUT2D eigenvalue weighted by molar-refractivity contribution is 0.518. The lowest BCUT2D eigenvalue weighted by Crippen LogP contribution is -2.21.